The summed E-state index contributed by atoms with van der Waals surface area (Å²) in [7, 11) is 1.61. The molecule has 3 heterocycles. The van der Waals surface area contributed by atoms with E-state index in [0.717, 1.165) is 25.9 Å². The largest absolute Gasteiger partial charge is 0.382 e. The summed E-state index contributed by atoms with van der Waals surface area (Å²) < 4.78 is 10.3. The highest BCUT2D eigenvalue weighted by Gasteiger charge is 2.38. The predicted octanol–water partition coefficient (Wildman–Crippen LogP) is 1.41. The highest BCUT2D eigenvalue weighted by atomic mass is 16.5. The van der Waals surface area contributed by atoms with Crippen molar-refractivity contribution in [2.45, 2.75) is 18.9 Å². The smallest absolute Gasteiger partial charge is 0.253 e. The van der Waals surface area contributed by atoms with E-state index < -0.39 is 0 Å². The molecule has 3 aliphatic heterocycles. The van der Waals surface area contributed by atoms with E-state index in [0.29, 0.717) is 31.2 Å². The minimum atomic E-state index is 0.0137. The lowest BCUT2D eigenvalue weighted by Crippen LogP contribution is -2.49. The predicted molar refractivity (Wildman–Crippen MR) is 93.3 cm³/mol. The zero-order valence-electron chi connectivity index (χ0n) is 14.7. The van der Waals surface area contributed by atoms with Crippen molar-refractivity contribution in [1.82, 2.24) is 9.80 Å². The Kier molecular flexibility index (Phi) is 6.04. The van der Waals surface area contributed by atoms with Crippen LogP contribution in [0.15, 0.2) is 30.3 Å². The Balaban J connectivity index is 1.62. The van der Waals surface area contributed by atoms with Gasteiger partial charge < -0.3 is 19.3 Å². The minimum Gasteiger partial charge on any atom is -0.382 e. The summed E-state index contributed by atoms with van der Waals surface area (Å²) in [6.07, 6.45) is 2.02. The van der Waals surface area contributed by atoms with Crippen molar-refractivity contribution in [2.75, 3.05) is 46.6 Å². The van der Waals surface area contributed by atoms with Gasteiger partial charge in [0, 0.05) is 38.3 Å². The number of nitrogens with zero attached hydrogens (tertiary/aromatic N) is 2. The van der Waals surface area contributed by atoms with Gasteiger partial charge in [-0.1, -0.05) is 18.2 Å². The normalized spacial score (nSPS) is 22.8. The molecule has 25 heavy (non-hydrogen) atoms. The topological polar surface area (TPSA) is 59.1 Å². The van der Waals surface area contributed by atoms with Gasteiger partial charge in [0.2, 0.25) is 5.91 Å². The highest BCUT2D eigenvalue weighted by molar-refractivity contribution is 5.94. The third-order valence-electron chi connectivity index (χ3n) is 5.00. The van der Waals surface area contributed by atoms with Gasteiger partial charge in [0.05, 0.1) is 13.2 Å². The number of carbonyl (C=O) groups is 2. The van der Waals surface area contributed by atoms with Gasteiger partial charge in [-0.15, -0.1) is 0 Å². The van der Waals surface area contributed by atoms with Crippen molar-refractivity contribution in [3.05, 3.63) is 35.9 Å². The van der Waals surface area contributed by atoms with E-state index >= 15 is 0 Å². The van der Waals surface area contributed by atoms with Crippen LogP contribution >= 0.6 is 0 Å². The van der Waals surface area contributed by atoms with Gasteiger partial charge >= 0.3 is 0 Å². The molecule has 136 valence electrons. The minimum absolute atomic E-state index is 0.0137. The van der Waals surface area contributed by atoms with Crippen molar-refractivity contribution in [3.8, 4) is 0 Å². The second-order valence-corrected chi connectivity index (χ2v) is 6.76. The van der Waals surface area contributed by atoms with E-state index in [1.807, 2.05) is 40.1 Å². The fraction of sp³-hybridized carbons (Fsp3) is 0.579. The summed E-state index contributed by atoms with van der Waals surface area (Å²) >= 11 is 0. The van der Waals surface area contributed by atoms with Crippen LogP contribution in [0.4, 0.5) is 0 Å². The number of piperidine rings is 1. The molecule has 0 N–H and O–H groups in total. The second-order valence-electron chi connectivity index (χ2n) is 6.76. The quantitative estimate of drug-likeness (QED) is 0.731. The number of carbonyl (C=O) groups excluding carboxylic acids is 2. The molecule has 0 aromatic heterocycles. The fourth-order valence-corrected chi connectivity index (χ4v) is 3.70. The molecule has 4 rings (SSSR count). The molecule has 0 radical (unpaired) electrons. The fourth-order valence-electron chi connectivity index (χ4n) is 3.70. The maximum atomic E-state index is 12.8. The zero-order chi connectivity index (χ0) is 17.6. The van der Waals surface area contributed by atoms with Crippen LogP contribution in [-0.2, 0) is 14.3 Å². The van der Waals surface area contributed by atoms with Gasteiger partial charge in [0.1, 0.15) is 6.61 Å². The van der Waals surface area contributed by atoms with Crippen LogP contribution in [0.1, 0.15) is 23.2 Å². The first kappa shape index (κ1) is 17.9. The number of methoxy groups -OCH3 is 1. The molecule has 2 amide bonds. The molecule has 3 fully saturated rings. The number of fused-ring (bicyclic) bond motifs is 4. The van der Waals surface area contributed by atoms with Crippen LogP contribution in [0.3, 0.4) is 0 Å². The van der Waals surface area contributed by atoms with Crippen LogP contribution in [0.25, 0.3) is 0 Å². The third-order valence-corrected chi connectivity index (χ3v) is 5.00. The van der Waals surface area contributed by atoms with Crippen LogP contribution < -0.4 is 0 Å². The lowest BCUT2D eigenvalue weighted by Gasteiger charge is -2.36. The number of amides is 2. The maximum Gasteiger partial charge on any atom is 0.253 e. The summed E-state index contributed by atoms with van der Waals surface area (Å²) in [6.45, 7) is 3.03. The molecule has 1 aromatic rings. The lowest BCUT2D eigenvalue weighted by molar-refractivity contribution is -0.140. The van der Waals surface area contributed by atoms with Crippen LogP contribution in [0.2, 0.25) is 0 Å². The Bertz CT molecular complexity index is 592. The van der Waals surface area contributed by atoms with E-state index in [1.54, 1.807) is 7.11 Å². The molecular weight excluding hydrogens is 320 g/mol. The lowest BCUT2D eigenvalue weighted by atomic mass is 9.95. The molecule has 6 heteroatoms. The second kappa shape index (κ2) is 8.45. The Hall–Kier alpha value is -1.92. The summed E-state index contributed by atoms with van der Waals surface area (Å²) in [6, 6.07) is 9.46. The molecule has 0 unspecified atom stereocenters. The van der Waals surface area contributed by atoms with Crippen molar-refractivity contribution in [2.24, 2.45) is 5.92 Å². The molecule has 2 atom stereocenters. The van der Waals surface area contributed by atoms with Crippen LogP contribution in [-0.4, -0.2) is 74.2 Å². The number of benzene rings is 1. The van der Waals surface area contributed by atoms with Crippen molar-refractivity contribution in [3.63, 3.8) is 0 Å². The van der Waals surface area contributed by atoms with Gasteiger partial charge in [-0.25, -0.2) is 0 Å². The summed E-state index contributed by atoms with van der Waals surface area (Å²) in [5, 5.41) is 0. The Morgan fingerprint density at radius 1 is 1.08 bits per heavy atom. The van der Waals surface area contributed by atoms with E-state index in [2.05, 4.69) is 0 Å². The average Bonchev–Trinajstić information content (AvgIpc) is 2.97. The Morgan fingerprint density at radius 2 is 1.88 bits per heavy atom. The SMILES string of the molecule is COCCOCC(=O)N1C[C@H]2CC[C@@H]1CN(C(=O)c1ccccc1)C2. The molecule has 0 spiro atoms. The van der Waals surface area contributed by atoms with Gasteiger partial charge in [0.25, 0.3) is 5.91 Å². The van der Waals surface area contributed by atoms with Crippen LogP contribution in [0.5, 0.6) is 0 Å². The summed E-state index contributed by atoms with van der Waals surface area (Å²) in [5.74, 6) is 0.414. The molecule has 3 aliphatic rings. The first-order chi connectivity index (χ1) is 12.2. The Labute approximate surface area is 148 Å². The van der Waals surface area contributed by atoms with Crippen LogP contribution in [0, 0.1) is 5.92 Å². The van der Waals surface area contributed by atoms with Gasteiger partial charge in [-0.05, 0) is 30.9 Å². The van der Waals surface area contributed by atoms with Crippen molar-refractivity contribution in [1.29, 1.82) is 0 Å². The maximum absolute atomic E-state index is 12.8. The van der Waals surface area contributed by atoms with E-state index in [-0.39, 0.29) is 24.5 Å². The van der Waals surface area contributed by atoms with Gasteiger partial charge in [-0.2, -0.15) is 0 Å². The zero-order valence-corrected chi connectivity index (χ0v) is 14.7. The van der Waals surface area contributed by atoms with Crippen molar-refractivity contribution < 1.29 is 19.1 Å². The number of rotatable bonds is 6. The molecule has 3 saturated heterocycles. The molecule has 2 bridgehead atoms. The van der Waals surface area contributed by atoms with E-state index in [4.69, 9.17) is 9.47 Å². The summed E-state index contributed by atoms with van der Waals surface area (Å²) in [4.78, 5) is 29.1. The third kappa shape index (κ3) is 4.38. The molecule has 0 saturated carbocycles. The summed E-state index contributed by atoms with van der Waals surface area (Å²) in [5.41, 5.74) is 0.713. The Morgan fingerprint density at radius 3 is 2.64 bits per heavy atom. The average molecular weight is 346 g/mol. The monoisotopic (exact) mass is 346 g/mol. The molecular formula is C19H26N2O4. The molecule has 6 nitrogen and oxygen atoms in total. The first-order valence-electron chi connectivity index (χ1n) is 8.89. The van der Waals surface area contributed by atoms with Crippen molar-refractivity contribution >= 4 is 11.8 Å². The first-order valence-corrected chi connectivity index (χ1v) is 8.89. The van der Waals surface area contributed by atoms with Gasteiger partial charge in [-0.3, -0.25) is 9.59 Å². The van der Waals surface area contributed by atoms with Gasteiger partial charge in [0.15, 0.2) is 0 Å². The molecule has 0 aliphatic carbocycles. The number of hydrogen-bond acceptors (Lipinski definition) is 4. The number of ether oxygens (including phenoxy) is 2. The van der Waals surface area contributed by atoms with E-state index in [1.165, 1.54) is 0 Å². The molecule has 1 aromatic carbocycles. The number of hydrogen-bond donors (Lipinski definition) is 0. The standard InChI is InChI=1S/C19H26N2O4/c1-24-9-10-25-14-18(22)21-12-15-7-8-17(21)13-20(11-15)19(23)16-5-3-2-4-6-16/h2-6,15,17H,7-14H2,1H3/t15-,17+/m0/s1. The highest BCUT2D eigenvalue weighted by Crippen LogP contribution is 2.28. The van der Waals surface area contributed by atoms with E-state index in [9.17, 15) is 9.59 Å².